The molecule has 7 heteroatoms. The number of carboxylic acid groups (broad SMARTS) is 1. The number of carbonyl (C=O) groups is 2. The number of carboxylic acids is 1. The maximum absolute atomic E-state index is 13.3. The van der Waals surface area contributed by atoms with Crippen molar-refractivity contribution in [1.82, 2.24) is 4.90 Å². The van der Waals surface area contributed by atoms with Gasteiger partial charge < -0.3 is 15.3 Å². The Bertz CT molecular complexity index is 620. The molecule has 1 aromatic carbocycles. The van der Waals surface area contributed by atoms with Crippen molar-refractivity contribution in [2.75, 3.05) is 11.9 Å². The van der Waals surface area contributed by atoms with Gasteiger partial charge in [-0.25, -0.2) is 18.4 Å². The van der Waals surface area contributed by atoms with Gasteiger partial charge in [0, 0.05) is 18.7 Å². The summed E-state index contributed by atoms with van der Waals surface area (Å²) in [6.07, 6.45) is 2.98. The highest BCUT2D eigenvalue weighted by molar-refractivity contribution is 6.00. The van der Waals surface area contributed by atoms with Crippen LogP contribution in [0.1, 0.15) is 29.6 Å². The van der Waals surface area contributed by atoms with E-state index in [1.165, 1.54) is 0 Å². The molecule has 1 saturated heterocycles. The van der Waals surface area contributed by atoms with Crippen LogP contribution in [0.15, 0.2) is 12.1 Å². The van der Waals surface area contributed by atoms with E-state index in [4.69, 9.17) is 5.11 Å². The molecule has 1 aromatic rings. The van der Waals surface area contributed by atoms with Crippen molar-refractivity contribution >= 4 is 17.7 Å². The number of rotatable bonds is 2. The number of hydrogen-bond donors (Lipinski definition) is 2. The van der Waals surface area contributed by atoms with E-state index in [0.717, 1.165) is 19.3 Å². The second-order valence-corrected chi connectivity index (χ2v) is 5.53. The van der Waals surface area contributed by atoms with Crippen LogP contribution in [0.5, 0.6) is 0 Å². The molecule has 2 atom stereocenters. The fourth-order valence-electron chi connectivity index (χ4n) is 3.19. The van der Waals surface area contributed by atoms with Crippen LogP contribution in [-0.2, 0) is 0 Å². The van der Waals surface area contributed by atoms with Gasteiger partial charge in [0.1, 0.15) is 0 Å². The largest absolute Gasteiger partial charge is 0.478 e. The fraction of sp³-hybridized carbons (Fsp3) is 0.429. The van der Waals surface area contributed by atoms with Gasteiger partial charge in [0.15, 0.2) is 11.6 Å². The highest BCUT2D eigenvalue weighted by Crippen LogP contribution is 2.37. The van der Waals surface area contributed by atoms with Crippen LogP contribution in [0.2, 0.25) is 0 Å². The number of urea groups is 1. The Balaban J connectivity index is 1.82. The molecule has 1 aliphatic carbocycles. The van der Waals surface area contributed by atoms with Gasteiger partial charge in [-0.1, -0.05) is 0 Å². The Morgan fingerprint density at radius 2 is 1.95 bits per heavy atom. The van der Waals surface area contributed by atoms with E-state index in [1.807, 2.05) is 0 Å². The summed E-state index contributed by atoms with van der Waals surface area (Å²) in [5.74, 6) is -3.39. The molecule has 5 nitrogen and oxygen atoms in total. The molecule has 112 valence electrons. The fourth-order valence-corrected chi connectivity index (χ4v) is 3.19. The molecule has 1 heterocycles. The second kappa shape index (κ2) is 4.98. The summed E-state index contributed by atoms with van der Waals surface area (Å²) in [6.45, 7) is 0.628. The highest BCUT2D eigenvalue weighted by atomic mass is 19.2. The van der Waals surface area contributed by atoms with Crippen LogP contribution in [0.25, 0.3) is 0 Å². The van der Waals surface area contributed by atoms with Crippen LogP contribution < -0.4 is 5.32 Å². The van der Waals surface area contributed by atoms with Crippen LogP contribution in [0.4, 0.5) is 19.3 Å². The Morgan fingerprint density at radius 3 is 2.52 bits per heavy atom. The monoisotopic (exact) mass is 296 g/mol. The predicted octanol–water partition coefficient (Wildman–Crippen LogP) is 2.68. The molecule has 0 spiro atoms. The third-order valence-electron chi connectivity index (χ3n) is 4.20. The summed E-state index contributed by atoms with van der Waals surface area (Å²) < 4.78 is 26.4. The summed E-state index contributed by atoms with van der Waals surface area (Å²) >= 11 is 0. The van der Waals surface area contributed by atoms with E-state index < -0.39 is 29.2 Å². The number of likely N-dealkylation sites (tertiary alicyclic amines) is 1. The molecule has 2 fully saturated rings. The van der Waals surface area contributed by atoms with Gasteiger partial charge in [0.25, 0.3) is 0 Å². The Hall–Kier alpha value is -2.18. The van der Waals surface area contributed by atoms with Crippen molar-refractivity contribution in [2.24, 2.45) is 5.92 Å². The van der Waals surface area contributed by atoms with E-state index in [9.17, 15) is 18.4 Å². The zero-order chi connectivity index (χ0) is 15.1. The minimum absolute atomic E-state index is 0.161. The molecule has 1 saturated carbocycles. The number of fused-ring (bicyclic) bond motifs is 2. The average molecular weight is 296 g/mol. The number of piperidine rings is 1. The summed E-state index contributed by atoms with van der Waals surface area (Å²) in [6, 6.07) is 0.971. The first-order valence-corrected chi connectivity index (χ1v) is 6.75. The zero-order valence-corrected chi connectivity index (χ0v) is 11.1. The van der Waals surface area contributed by atoms with Crippen molar-refractivity contribution in [2.45, 2.75) is 25.3 Å². The van der Waals surface area contributed by atoms with E-state index >= 15 is 0 Å². The van der Waals surface area contributed by atoms with Gasteiger partial charge in [0.2, 0.25) is 0 Å². The number of halogens is 2. The highest BCUT2D eigenvalue weighted by Gasteiger charge is 2.40. The third-order valence-corrected chi connectivity index (χ3v) is 4.20. The normalized spacial score (nSPS) is 23.4. The number of carbonyl (C=O) groups excluding carboxylic acids is 1. The Labute approximate surface area is 119 Å². The molecule has 0 aromatic heterocycles. The molecule has 2 unspecified atom stereocenters. The summed E-state index contributed by atoms with van der Waals surface area (Å²) in [5, 5.41) is 11.4. The number of hydrogen-bond acceptors (Lipinski definition) is 2. The van der Waals surface area contributed by atoms with Crippen LogP contribution >= 0.6 is 0 Å². The molecule has 21 heavy (non-hydrogen) atoms. The van der Waals surface area contributed by atoms with Gasteiger partial charge in [-0.3, -0.25) is 0 Å². The average Bonchev–Trinajstić information content (AvgIpc) is 3.04. The lowest BCUT2D eigenvalue weighted by molar-refractivity contribution is 0.0697. The SMILES string of the molecule is O=C(O)c1cc(F)c(F)cc1NC(=O)N1CC2CCC1C2. The van der Waals surface area contributed by atoms with Gasteiger partial charge >= 0.3 is 12.0 Å². The first-order valence-electron chi connectivity index (χ1n) is 6.75. The number of anilines is 1. The quantitative estimate of drug-likeness (QED) is 0.881. The van der Waals surface area contributed by atoms with Crippen LogP contribution in [-0.4, -0.2) is 34.6 Å². The first kappa shape index (κ1) is 13.8. The summed E-state index contributed by atoms with van der Waals surface area (Å²) in [4.78, 5) is 24.9. The maximum atomic E-state index is 13.3. The lowest BCUT2D eigenvalue weighted by Gasteiger charge is -2.27. The second-order valence-electron chi connectivity index (χ2n) is 5.53. The molecule has 3 rings (SSSR count). The molecule has 2 amide bonds. The predicted molar refractivity (Wildman–Crippen MR) is 70.2 cm³/mol. The number of benzene rings is 1. The summed E-state index contributed by atoms with van der Waals surface area (Å²) in [5.41, 5.74) is -0.694. The molecule has 2 N–H and O–H groups in total. The lowest BCUT2D eigenvalue weighted by Crippen LogP contribution is -2.40. The molecular weight excluding hydrogens is 282 g/mol. The number of nitrogens with one attached hydrogen (secondary N) is 1. The molecule has 2 aliphatic rings. The minimum Gasteiger partial charge on any atom is -0.478 e. The molecular formula is C14H14F2N2O3. The maximum Gasteiger partial charge on any atom is 0.337 e. The first-order chi connectivity index (χ1) is 9.95. The standard InChI is InChI=1S/C14H14F2N2O3/c15-10-4-9(13(19)20)12(5-11(10)16)17-14(21)18-6-7-1-2-8(18)3-7/h4-5,7-8H,1-3,6H2,(H,17,21)(H,19,20). The van der Waals surface area contributed by atoms with E-state index in [1.54, 1.807) is 4.90 Å². The topological polar surface area (TPSA) is 69.6 Å². The Morgan fingerprint density at radius 1 is 1.24 bits per heavy atom. The molecule has 0 radical (unpaired) electrons. The minimum atomic E-state index is -1.42. The smallest absolute Gasteiger partial charge is 0.337 e. The van der Waals surface area contributed by atoms with Crippen molar-refractivity contribution in [1.29, 1.82) is 0 Å². The van der Waals surface area contributed by atoms with Gasteiger partial charge in [-0.05, 0) is 31.2 Å². The number of aromatic carboxylic acids is 1. The van der Waals surface area contributed by atoms with Crippen molar-refractivity contribution < 1.29 is 23.5 Å². The van der Waals surface area contributed by atoms with Gasteiger partial charge in [0.05, 0.1) is 11.3 Å². The lowest BCUT2D eigenvalue weighted by atomic mass is 10.1. The van der Waals surface area contributed by atoms with Crippen LogP contribution in [0.3, 0.4) is 0 Å². The van der Waals surface area contributed by atoms with Crippen LogP contribution in [0, 0.1) is 17.6 Å². The third kappa shape index (κ3) is 2.43. The van der Waals surface area contributed by atoms with E-state index in [2.05, 4.69) is 5.32 Å². The molecule has 2 bridgehead atoms. The number of nitrogens with zero attached hydrogens (tertiary/aromatic N) is 1. The zero-order valence-electron chi connectivity index (χ0n) is 11.1. The van der Waals surface area contributed by atoms with E-state index in [0.29, 0.717) is 24.6 Å². The Kier molecular flexibility index (Phi) is 3.27. The van der Waals surface area contributed by atoms with Crippen molar-refractivity contribution in [3.05, 3.63) is 29.3 Å². The summed E-state index contributed by atoms with van der Waals surface area (Å²) in [7, 11) is 0. The number of amides is 2. The van der Waals surface area contributed by atoms with E-state index in [-0.39, 0.29) is 11.7 Å². The van der Waals surface area contributed by atoms with Crippen molar-refractivity contribution in [3.63, 3.8) is 0 Å². The van der Waals surface area contributed by atoms with Gasteiger partial charge in [-0.2, -0.15) is 0 Å². The van der Waals surface area contributed by atoms with Gasteiger partial charge in [-0.15, -0.1) is 0 Å². The molecule has 1 aliphatic heterocycles. The van der Waals surface area contributed by atoms with Crippen molar-refractivity contribution in [3.8, 4) is 0 Å².